The van der Waals surface area contributed by atoms with Gasteiger partial charge in [-0.25, -0.2) is 4.98 Å². The van der Waals surface area contributed by atoms with Gasteiger partial charge in [0.2, 0.25) is 4.77 Å². The summed E-state index contributed by atoms with van der Waals surface area (Å²) in [6.07, 6.45) is 1.26. The number of aromatic nitrogens is 4. The van der Waals surface area contributed by atoms with E-state index in [1.165, 1.54) is 0 Å². The van der Waals surface area contributed by atoms with E-state index < -0.39 is 0 Å². The Morgan fingerprint density at radius 2 is 2.09 bits per heavy atom. The van der Waals surface area contributed by atoms with Crippen LogP contribution in [0, 0.1) is 10.2 Å². The first-order valence-electron chi connectivity index (χ1n) is 7.35. The van der Waals surface area contributed by atoms with Gasteiger partial charge in [-0.05, 0) is 50.2 Å². The van der Waals surface area contributed by atoms with Crippen LogP contribution >= 0.6 is 12.2 Å². The van der Waals surface area contributed by atoms with E-state index in [4.69, 9.17) is 23.4 Å². The summed E-state index contributed by atoms with van der Waals surface area (Å²) in [5.74, 6) is 0.695. The smallest absolute Gasteiger partial charge is 0.200 e. The number of hydrogen-bond donors (Lipinski definition) is 3. The molecule has 0 fully saturated rings. The van der Waals surface area contributed by atoms with Gasteiger partial charge in [0.1, 0.15) is 0 Å². The van der Waals surface area contributed by atoms with Crippen molar-refractivity contribution >= 4 is 34.5 Å². The molecule has 0 radical (unpaired) electrons. The third-order valence-electron chi connectivity index (χ3n) is 3.78. The molecule has 2 aromatic heterocycles. The third kappa shape index (κ3) is 2.87. The first-order valence-corrected chi connectivity index (χ1v) is 7.75. The van der Waals surface area contributed by atoms with Crippen LogP contribution in [0.25, 0.3) is 16.6 Å². The largest absolute Gasteiger partial charge is 0.402 e. The Bertz CT molecular complexity index is 991. The molecule has 0 bridgehead atoms. The maximum Gasteiger partial charge on any atom is 0.200 e. The van der Waals surface area contributed by atoms with Crippen LogP contribution in [0.2, 0.25) is 0 Å². The van der Waals surface area contributed by atoms with Gasteiger partial charge in [-0.15, -0.1) is 5.10 Å². The second kappa shape index (κ2) is 5.92. The van der Waals surface area contributed by atoms with Crippen molar-refractivity contribution in [3.63, 3.8) is 0 Å². The van der Waals surface area contributed by atoms with E-state index in [2.05, 4.69) is 15.1 Å². The summed E-state index contributed by atoms with van der Waals surface area (Å²) in [4.78, 5) is 7.78. The molecule has 0 unspecified atom stereocenters. The summed E-state index contributed by atoms with van der Waals surface area (Å²) >= 11 is 5.35. The fraction of sp³-hybridized carbons (Fsp3) is 0.250. The van der Waals surface area contributed by atoms with Gasteiger partial charge in [-0.3, -0.25) is 0 Å². The van der Waals surface area contributed by atoms with Crippen molar-refractivity contribution in [1.29, 1.82) is 5.41 Å². The average molecular weight is 326 g/mol. The van der Waals surface area contributed by atoms with Gasteiger partial charge in [-0.2, -0.15) is 4.52 Å². The number of H-pyrrole nitrogens is 1. The van der Waals surface area contributed by atoms with Gasteiger partial charge in [0.05, 0.1) is 5.52 Å². The van der Waals surface area contributed by atoms with Crippen LogP contribution in [-0.4, -0.2) is 25.3 Å². The molecule has 3 rings (SSSR count). The van der Waals surface area contributed by atoms with Gasteiger partial charge in [0.15, 0.2) is 11.5 Å². The normalized spacial score (nSPS) is 12.6. The molecule has 0 aliphatic heterocycles. The van der Waals surface area contributed by atoms with Crippen molar-refractivity contribution in [2.24, 2.45) is 5.73 Å². The molecule has 0 saturated carbocycles. The van der Waals surface area contributed by atoms with Gasteiger partial charge in [0, 0.05) is 23.2 Å². The van der Waals surface area contributed by atoms with E-state index in [1.807, 2.05) is 31.2 Å². The lowest BCUT2D eigenvalue weighted by molar-refractivity contribution is 0.823. The average Bonchev–Trinajstić information content (AvgIpc) is 2.92. The highest BCUT2D eigenvalue weighted by molar-refractivity contribution is 7.71. The minimum Gasteiger partial charge on any atom is -0.402 e. The van der Waals surface area contributed by atoms with Crippen molar-refractivity contribution in [2.45, 2.75) is 26.7 Å². The summed E-state index contributed by atoms with van der Waals surface area (Å²) in [6, 6.07) is 7.88. The van der Waals surface area contributed by atoms with E-state index >= 15 is 0 Å². The first-order chi connectivity index (χ1) is 11.0. The van der Waals surface area contributed by atoms with Crippen LogP contribution in [0.4, 0.5) is 0 Å². The molecule has 0 aliphatic rings. The molecular formula is C16H18N6S. The zero-order valence-corrected chi connectivity index (χ0v) is 13.9. The van der Waals surface area contributed by atoms with Crippen LogP contribution < -0.4 is 5.73 Å². The van der Waals surface area contributed by atoms with Crippen molar-refractivity contribution < 1.29 is 0 Å². The fourth-order valence-corrected chi connectivity index (χ4v) is 2.89. The number of aromatic amines is 1. The van der Waals surface area contributed by atoms with Crippen LogP contribution in [0.5, 0.6) is 0 Å². The van der Waals surface area contributed by atoms with Gasteiger partial charge < -0.3 is 16.1 Å². The summed E-state index contributed by atoms with van der Waals surface area (Å²) in [5.41, 5.74) is 9.54. The molecular weight excluding hydrogens is 308 g/mol. The lowest BCUT2D eigenvalue weighted by Crippen LogP contribution is -2.07. The summed E-state index contributed by atoms with van der Waals surface area (Å²) < 4.78 is 2.18. The van der Waals surface area contributed by atoms with E-state index in [0.717, 1.165) is 22.1 Å². The Morgan fingerprint density at radius 3 is 2.78 bits per heavy atom. The predicted octanol–water partition coefficient (Wildman–Crippen LogP) is 3.15. The summed E-state index contributed by atoms with van der Waals surface area (Å²) in [7, 11) is 0. The van der Waals surface area contributed by atoms with E-state index in [-0.39, 0.29) is 0 Å². The molecule has 23 heavy (non-hydrogen) atoms. The Morgan fingerprint density at radius 1 is 1.35 bits per heavy atom. The predicted molar refractivity (Wildman–Crippen MR) is 94.3 cm³/mol. The maximum absolute atomic E-state index is 7.79. The molecule has 4 N–H and O–H groups in total. The number of benzene rings is 1. The molecule has 3 aromatic rings. The van der Waals surface area contributed by atoms with E-state index in [9.17, 15) is 0 Å². The Labute approximate surface area is 138 Å². The van der Waals surface area contributed by atoms with Gasteiger partial charge in [0.25, 0.3) is 0 Å². The minimum atomic E-state index is 0.483. The van der Waals surface area contributed by atoms with Crippen molar-refractivity contribution in [3.05, 3.63) is 46.1 Å². The van der Waals surface area contributed by atoms with Gasteiger partial charge in [-0.1, -0.05) is 12.1 Å². The zero-order valence-electron chi connectivity index (χ0n) is 13.1. The topological polar surface area (TPSA) is 95.8 Å². The highest BCUT2D eigenvalue weighted by Crippen LogP contribution is 2.18. The van der Waals surface area contributed by atoms with Crippen LogP contribution in [-0.2, 0) is 6.42 Å². The van der Waals surface area contributed by atoms with Gasteiger partial charge >= 0.3 is 0 Å². The van der Waals surface area contributed by atoms with Crippen molar-refractivity contribution in [3.8, 4) is 0 Å². The molecule has 0 aliphatic carbocycles. The number of hydrogen-bond acceptors (Lipinski definition) is 5. The SMILES string of the molecule is CC(=N)/C(CCc1nc2c3ccccc3[nH]c(=S)n2n1)=C(/C)N. The number of aryl methyl sites for hydroxylation is 1. The number of nitrogens with zero attached hydrogens (tertiary/aromatic N) is 3. The van der Waals surface area contributed by atoms with E-state index in [0.29, 0.717) is 34.8 Å². The zero-order chi connectivity index (χ0) is 16.6. The Balaban J connectivity index is 2.02. The van der Waals surface area contributed by atoms with Crippen LogP contribution in [0.3, 0.4) is 0 Å². The maximum atomic E-state index is 7.79. The third-order valence-corrected chi connectivity index (χ3v) is 4.06. The number of fused-ring (bicyclic) bond motifs is 3. The second-order valence-corrected chi connectivity index (χ2v) is 5.91. The minimum absolute atomic E-state index is 0.483. The van der Waals surface area contributed by atoms with Crippen LogP contribution in [0.15, 0.2) is 35.5 Å². The molecule has 0 atom stereocenters. The molecule has 118 valence electrons. The summed E-state index contributed by atoms with van der Waals surface area (Å²) in [6.45, 7) is 3.56. The quantitative estimate of drug-likeness (QED) is 0.507. The fourth-order valence-electron chi connectivity index (χ4n) is 2.65. The Hall–Kier alpha value is -2.54. The lowest BCUT2D eigenvalue weighted by atomic mass is 10.0. The lowest BCUT2D eigenvalue weighted by Gasteiger charge is -2.06. The molecule has 0 spiro atoms. The number of nitrogens with two attached hydrogens (primary N) is 1. The summed E-state index contributed by atoms with van der Waals surface area (Å²) in [5, 5.41) is 13.3. The van der Waals surface area contributed by atoms with Crippen molar-refractivity contribution in [2.75, 3.05) is 0 Å². The monoisotopic (exact) mass is 326 g/mol. The molecule has 0 amide bonds. The molecule has 0 saturated heterocycles. The standard InChI is InChI=1S/C16H18N6S/c1-9(17)11(10(2)18)7-8-14-20-15-12-5-3-4-6-13(12)19-16(23)22(15)21-14/h3-6,17H,7-8,18H2,1-2H3,(H,19,23)/b11-10-,17-9?. The van der Waals surface area contributed by atoms with E-state index in [1.54, 1.807) is 11.4 Å². The molecule has 6 nitrogen and oxygen atoms in total. The molecule has 1 aromatic carbocycles. The highest BCUT2D eigenvalue weighted by Gasteiger charge is 2.11. The molecule has 2 heterocycles. The molecule has 7 heteroatoms. The number of nitrogens with one attached hydrogen (secondary N) is 2. The second-order valence-electron chi connectivity index (χ2n) is 5.53. The van der Waals surface area contributed by atoms with Crippen LogP contribution in [0.1, 0.15) is 26.1 Å². The first kappa shape index (κ1) is 15.4. The number of rotatable bonds is 4. The highest BCUT2D eigenvalue weighted by atomic mass is 32.1. The number of para-hydroxylation sites is 1. The Kier molecular flexibility index (Phi) is 3.96. The number of allylic oxidation sites excluding steroid dienone is 2. The van der Waals surface area contributed by atoms with Crippen molar-refractivity contribution in [1.82, 2.24) is 19.6 Å².